The largest absolute Gasteiger partial charge is 0.489 e. The highest BCUT2D eigenvalue weighted by Crippen LogP contribution is 2.27. The standard InChI is InChI=1S/C25H28N2O4S/c1-18-10-11-19(2)24(16-18)27(32(4,29)30)20(3)25(28)26-22-12-14-23(15-13-22)31-17-21-8-6-5-7-9-21/h5-16,20H,17H2,1-4H3,(H,26,28)/t20-/m1/s1. The van der Waals surface area contributed by atoms with Crippen molar-refractivity contribution in [3.63, 3.8) is 0 Å². The van der Waals surface area contributed by atoms with E-state index in [1.165, 1.54) is 4.31 Å². The fraction of sp³-hybridized carbons (Fsp3) is 0.240. The van der Waals surface area contributed by atoms with Gasteiger partial charge in [0.15, 0.2) is 0 Å². The number of carbonyl (C=O) groups is 1. The Morgan fingerprint density at radius 2 is 1.66 bits per heavy atom. The van der Waals surface area contributed by atoms with E-state index >= 15 is 0 Å². The Labute approximate surface area is 189 Å². The summed E-state index contributed by atoms with van der Waals surface area (Å²) in [7, 11) is -3.68. The van der Waals surface area contributed by atoms with Crippen molar-refractivity contribution >= 4 is 27.3 Å². The molecular weight excluding hydrogens is 424 g/mol. The maximum absolute atomic E-state index is 12.9. The molecule has 0 bridgehead atoms. The molecular formula is C25H28N2O4S. The zero-order valence-corrected chi connectivity index (χ0v) is 19.5. The normalized spacial score (nSPS) is 12.1. The first-order chi connectivity index (χ1) is 15.1. The van der Waals surface area contributed by atoms with Crippen molar-refractivity contribution in [2.24, 2.45) is 0 Å². The lowest BCUT2D eigenvalue weighted by molar-refractivity contribution is -0.116. The Morgan fingerprint density at radius 1 is 1.00 bits per heavy atom. The first-order valence-corrected chi connectivity index (χ1v) is 12.1. The number of anilines is 2. The molecule has 0 aliphatic rings. The van der Waals surface area contributed by atoms with Crippen LogP contribution in [0.4, 0.5) is 11.4 Å². The second-order valence-corrected chi connectivity index (χ2v) is 9.67. The maximum Gasteiger partial charge on any atom is 0.247 e. The van der Waals surface area contributed by atoms with Crippen LogP contribution in [-0.2, 0) is 21.4 Å². The summed E-state index contributed by atoms with van der Waals surface area (Å²) >= 11 is 0. The van der Waals surface area contributed by atoms with Crippen molar-refractivity contribution in [1.29, 1.82) is 0 Å². The van der Waals surface area contributed by atoms with Gasteiger partial charge in [-0.2, -0.15) is 0 Å². The van der Waals surface area contributed by atoms with Crippen LogP contribution in [-0.4, -0.2) is 26.6 Å². The van der Waals surface area contributed by atoms with Gasteiger partial charge in [0.05, 0.1) is 11.9 Å². The Bertz CT molecular complexity index is 1180. The van der Waals surface area contributed by atoms with Crippen molar-refractivity contribution < 1.29 is 17.9 Å². The summed E-state index contributed by atoms with van der Waals surface area (Å²) in [5, 5.41) is 2.80. The van der Waals surface area contributed by atoms with Crippen LogP contribution in [0.2, 0.25) is 0 Å². The van der Waals surface area contributed by atoms with Gasteiger partial charge in [0, 0.05) is 5.69 Å². The van der Waals surface area contributed by atoms with Gasteiger partial charge >= 0.3 is 0 Å². The zero-order chi connectivity index (χ0) is 23.3. The molecule has 0 fully saturated rings. The molecule has 168 valence electrons. The van der Waals surface area contributed by atoms with Gasteiger partial charge in [-0.25, -0.2) is 8.42 Å². The first kappa shape index (κ1) is 23.3. The van der Waals surface area contributed by atoms with Crippen molar-refractivity contribution in [1.82, 2.24) is 0 Å². The van der Waals surface area contributed by atoms with Gasteiger partial charge in [0.25, 0.3) is 0 Å². The molecule has 1 amide bonds. The molecule has 0 aliphatic heterocycles. The Morgan fingerprint density at radius 3 is 2.28 bits per heavy atom. The molecule has 0 spiro atoms. The minimum absolute atomic E-state index is 0.422. The van der Waals surface area contributed by atoms with E-state index in [9.17, 15) is 13.2 Å². The van der Waals surface area contributed by atoms with E-state index in [1.807, 2.05) is 56.3 Å². The van der Waals surface area contributed by atoms with E-state index in [2.05, 4.69) is 5.32 Å². The van der Waals surface area contributed by atoms with Crippen LogP contribution in [0, 0.1) is 13.8 Å². The minimum atomic E-state index is -3.68. The van der Waals surface area contributed by atoms with Crippen molar-refractivity contribution in [2.75, 3.05) is 15.9 Å². The lowest BCUT2D eigenvalue weighted by atomic mass is 10.1. The molecule has 0 saturated heterocycles. The predicted molar refractivity (Wildman–Crippen MR) is 129 cm³/mol. The van der Waals surface area contributed by atoms with Crippen LogP contribution in [0.15, 0.2) is 72.8 Å². The predicted octanol–water partition coefficient (Wildman–Crippen LogP) is 4.68. The number of ether oxygens (including phenoxy) is 1. The van der Waals surface area contributed by atoms with E-state index < -0.39 is 22.0 Å². The molecule has 3 aromatic rings. The molecule has 0 unspecified atom stereocenters. The number of carbonyl (C=O) groups excluding carboxylic acids is 1. The van der Waals surface area contributed by atoms with Gasteiger partial charge in [0.2, 0.25) is 15.9 Å². The van der Waals surface area contributed by atoms with Crippen LogP contribution >= 0.6 is 0 Å². The summed E-state index contributed by atoms with van der Waals surface area (Å²) < 4.78 is 32.0. The number of nitrogens with one attached hydrogen (secondary N) is 1. The van der Waals surface area contributed by atoms with Crippen molar-refractivity contribution in [2.45, 2.75) is 33.4 Å². The van der Waals surface area contributed by atoms with Crippen LogP contribution in [0.3, 0.4) is 0 Å². The highest BCUT2D eigenvalue weighted by Gasteiger charge is 2.30. The van der Waals surface area contributed by atoms with Gasteiger partial charge in [-0.3, -0.25) is 9.10 Å². The SMILES string of the molecule is Cc1ccc(C)c(N([C@H](C)C(=O)Nc2ccc(OCc3ccccc3)cc2)S(C)(=O)=O)c1. The summed E-state index contributed by atoms with van der Waals surface area (Å²) in [5.41, 5.74) is 3.81. The smallest absolute Gasteiger partial charge is 0.247 e. The maximum atomic E-state index is 12.9. The average Bonchev–Trinajstić information content (AvgIpc) is 2.75. The third-order valence-electron chi connectivity index (χ3n) is 5.06. The molecule has 1 N–H and O–H groups in total. The molecule has 32 heavy (non-hydrogen) atoms. The number of sulfonamides is 1. The average molecular weight is 453 g/mol. The highest BCUT2D eigenvalue weighted by molar-refractivity contribution is 7.92. The molecule has 6 nitrogen and oxygen atoms in total. The van der Waals surface area contributed by atoms with Crippen molar-refractivity contribution in [3.8, 4) is 5.75 Å². The van der Waals surface area contributed by atoms with Gasteiger partial charge in [-0.1, -0.05) is 42.5 Å². The van der Waals surface area contributed by atoms with E-state index in [4.69, 9.17) is 4.74 Å². The molecule has 1 atom stereocenters. The van der Waals surface area contributed by atoms with Crippen LogP contribution in [0.1, 0.15) is 23.6 Å². The summed E-state index contributed by atoms with van der Waals surface area (Å²) in [6, 6.07) is 21.4. The Balaban J connectivity index is 1.71. The van der Waals surface area contributed by atoms with E-state index in [1.54, 1.807) is 37.3 Å². The lowest BCUT2D eigenvalue weighted by Gasteiger charge is -2.29. The molecule has 0 radical (unpaired) electrons. The summed E-state index contributed by atoms with van der Waals surface area (Å²) in [4.78, 5) is 12.9. The van der Waals surface area contributed by atoms with Gasteiger partial charge in [-0.15, -0.1) is 0 Å². The topological polar surface area (TPSA) is 75.7 Å². The second-order valence-electron chi connectivity index (χ2n) is 7.81. The fourth-order valence-corrected chi connectivity index (χ4v) is 4.58. The van der Waals surface area contributed by atoms with E-state index in [-0.39, 0.29) is 0 Å². The number of amides is 1. The Kier molecular flexibility index (Phi) is 7.20. The number of hydrogen-bond acceptors (Lipinski definition) is 4. The van der Waals surface area contributed by atoms with Crippen LogP contribution in [0.5, 0.6) is 5.75 Å². The summed E-state index contributed by atoms with van der Waals surface area (Å²) in [6.45, 7) is 5.74. The number of benzene rings is 3. The van der Waals surface area contributed by atoms with Crippen LogP contribution in [0.25, 0.3) is 0 Å². The molecule has 3 aromatic carbocycles. The number of rotatable bonds is 8. The third-order valence-corrected chi connectivity index (χ3v) is 6.29. The van der Waals surface area contributed by atoms with Crippen LogP contribution < -0.4 is 14.4 Å². The lowest BCUT2D eigenvalue weighted by Crippen LogP contribution is -2.45. The molecule has 0 heterocycles. The van der Waals surface area contributed by atoms with E-state index in [0.717, 1.165) is 22.9 Å². The minimum Gasteiger partial charge on any atom is -0.489 e. The van der Waals surface area contributed by atoms with Crippen molar-refractivity contribution in [3.05, 3.63) is 89.5 Å². The third kappa shape index (κ3) is 5.88. The quantitative estimate of drug-likeness (QED) is 0.539. The molecule has 3 rings (SSSR count). The second kappa shape index (κ2) is 9.87. The van der Waals surface area contributed by atoms with Gasteiger partial charge in [0.1, 0.15) is 18.4 Å². The summed E-state index contributed by atoms with van der Waals surface area (Å²) in [5.74, 6) is 0.252. The molecule has 7 heteroatoms. The number of aryl methyl sites for hydroxylation is 2. The fourth-order valence-electron chi connectivity index (χ4n) is 3.36. The summed E-state index contributed by atoms with van der Waals surface area (Å²) in [6.07, 6.45) is 1.11. The zero-order valence-electron chi connectivity index (χ0n) is 18.7. The molecule has 0 aliphatic carbocycles. The molecule has 0 saturated carbocycles. The van der Waals surface area contributed by atoms with E-state index in [0.29, 0.717) is 23.7 Å². The van der Waals surface area contributed by atoms with Gasteiger partial charge < -0.3 is 10.1 Å². The first-order valence-electron chi connectivity index (χ1n) is 10.3. The highest BCUT2D eigenvalue weighted by atomic mass is 32.2. The Hall–Kier alpha value is -3.32. The number of hydrogen-bond donors (Lipinski definition) is 1. The van der Waals surface area contributed by atoms with Gasteiger partial charge in [-0.05, 0) is 67.8 Å². The monoisotopic (exact) mass is 452 g/mol. The number of nitrogens with zero attached hydrogens (tertiary/aromatic N) is 1. The molecule has 0 aromatic heterocycles.